The van der Waals surface area contributed by atoms with Crippen LogP contribution in [0.1, 0.15) is 41.9 Å². The number of carbonyl (C=O) groups excluding carboxylic acids is 1. The van der Waals surface area contributed by atoms with Crippen LogP contribution in [0.3, 0.4) is 0 Å². The van der Waals surface area contributed by atoms with Crippen molar-refractivity contribution >= 4 is 11.9 Å². The lowest BCUT2D eigenvalue weighted by molar-refractivity contribution is -0.129. The van der Waals surface area contributed by atoms with Crippen molar-refractivity contribution in [3.05, 3.63) is 65.2 Å². The van der Waals surface area contributed by atoms with Crippen LogP contribution in [0.2, 0.25) is 0 Å². The summed E-state index contributed by atoms with van der Waals surface area (Å²) in [5.41, 5.74) is 6.82. The van der Waals surface area contributed by atoms with Crippen LogP contribution in [0.25, 0.3) is 0 Å². The number of nitrogens with zero attached hydrogens (tertiary/aromatic N) is 2. The fourth-order valence-electron chi connectivity index (χ4n) is 4.48. The van der Waals surface area contributed by atoms with E-state index < -0.39 is 12.2 Å². The summed E-state index contributed by atoms with van der Waals surface area (Å²) in [7, 11) is 1.55. The van der Waals surface area contributed by atoms with Gasteiger partial charge in [0.2, 0.25) is 0 Å². The molecule has 8 heteroatoms. The highest BCUT2D eigenvalue weighted by Crippen LogP contribution is 2.46. The topological polar surface area (TPSA) is 67.9 Å². The highest BCUT2D eigenvalue weighted by atomic mass is 19.3. The minimum absolute atomic E-state index is 0.00762. The number of rotatable bonds is 7. The third-order valence-corrected chi connectivity index (χ3v) is 6.27. The molecule has 1 aliphatic heterocycles. The van der Waals surface area contributed by atoms with E-state index in [1.165, 1.54) is 17.0 Å². The molecule has 4 rings (SSSR count). The Labute approximate surface area is 178 Å². The molecule has 2 aromatic carbocycles. The van der Waals surface area contributed by atoms with E-state index in [0.717, 1.165) is 18.4 Å². The number of alkyl halides is 3. The molecule has 164 valence electrons. The first-order chi connectivity index (χ1) is 14.8. The number of nitrogens with two attached hydrogens (primary N) is 1. The van der Waals surface area contributed by atoms with Crippen molar-refractivity contribution in [2.45, 2.75) is 37.3 Å². The largest absolute Gasteiger partial charge is 0.435 e. The van der Waals surface area contributed by atoms with Crippen molar-refractivity contribution < 1.29 is 22.7 Å². The van der Waals surface area contributed by atoms with Gasteiger partial charge in [0.1, 0.15) is 5.75 Å². The fourth-order valence-corrected chi connectivity index (χ4v) is 4.48. The molecule has 1 atom stereocenters. The summed E-state index contributed by atoms with van der Waals surface area (Å²) in [6.07, 6.45) is 2.41. The molecule has 31 heavy (non-hydrogen) atoms. The second-order valence-electron chi connectivity index (χ2n) is 8.08. The van der Waals surface area contributed by atoms with Crippen LogP contribution in [0.15, 0.2) is 53.5 Å². The third-order valence-electron chi connectivity index (χ3n) is 6.27. The summed E-state index contributed by atoms with van der Waals surface area (Å²) in [5.74, 6) is 0.448. The Balaban J connectivity index is 1.72. The van der Waals surface area contributed by atoms with Crippen molar-refractivity contribution in [3.8, 4) is 5.75 Å². The summed E-state index contributed by atoms with van der Waals surface area (Å²) >= 11 is 0. The van der Waals surface area contributed by atoms with Crippen LogP contribution in [0.4, 0.5) is 13.2 Å². The zero-order valence-electron chi connectivity index (χ0n) is 17.1. The van der Waals surface area contributed by atoms with E-state index in [-0.39, 0.29) is 24.3 Å². The maximum atomic E-state index is 13.3. The smallest absolute Gasteiger partial charge is 0.387 e. The van der Waals surface area contributed by atoms with E-state index in [0.29, 0.717) is 29.4 Å². The number of amides is 1. The number of benzene rings is 2. The molecule has 2 aromatic rings. The van der Waals surface area contributed by atoms with Crippen LogP contribution in [0, 0.1) is 5.92 Å². The molecule has 2 N–H and O–H groups in total. The van der Waals surface area contributed by atoms with Gasteiger partial charge in [-0.25, -0.2) is 4.99 Å². The number of ether oxygens (including phenoxy) is 1. The van der Waals surface area contributed by atoms with Gasteiger partial charge in [0.25, 0.3) is 5.91 Å². The standard InChI is InChI=1S/C23H24F3N3O2/c1-29-20(30)23(28-22(29)27,17-5-7-19(8-6-17)31-21(25)26)18-4-2-3-15(13-18)16-11-14(12-16)9-10-24/h2-8,13-14,16,21H,9-12H2,1H3,(H2,27,28). The number of guanidine groups is 1. The van der Waals surface area contributed by atoms with Crippen molar-refractivity contribution in [2.24, 2.45) is 16.6 Å². The normalized spacial score (nSPS) is 25.5. The molecule has 1 amide bonds. The number of hydrogen-bond acceptors (Lipinski definition) is 4. The zero-order chi connectivity index (χ0) is 22.2. The number of likely N-dealkylation sites (N-methyl/N-ethyl adjacent to an activating group) is 1. The maximum Gasteiger partial charge on any atom is 0.387 e. The predicted molar refractivity (Wildman–Crippen MR) is 111 cm³/mol. The van der Waals surface area contributed by atoms with Crippen LogP contribution < -0.4 is 10.5 Å². The lowest BCUT2D eigenvalue weighted by Gasteiger charge is -2.36. The summed E-state index contributed by atoms with van der Waals surface area (Å²) in [6, 6.07) is 13.5. The Morgan fingerprint density at radius 1 is 1.19 bits per heavy atom. The van der Waals surface area contributed by atoms with E-state index in [2.05, 4.69) is 9.73 Å². The molecule has 0 bridgehead atoms. The van der Waals surface area contributed by atoms with Gasteiger partial charge in [-0.3, -0.25) is 14.1 Å². The average Bonchev–Trinajstić information content (AvgIpc) is 2.95. The number of hydrogen-bond donors (Lipinski definition) is 1. The SMILES string of the molecule is CN1C(=O)C(c2ccc(OC(F)F)cc2)(c2cccc(C3CC(CCF)C3)c2)N=C1N. The van der Waals surface area contributed by atoms with Crippen LogP contribution in [-0.2, 0) is 10.3 Å². The Hall–Kier alpha value is -3.03. The fraction of sp³-hybridized carbons (Fsp3) is 0.391. The highest BCUT2D eigenvalue weighted by Gasteiger charge is 2.49. The van der Waals surface area contributed by atoms with Gasteiger partial charge < -0.3 is 10.5 Å². The molecule has 0 saturated heterocycles. The van der Waals surface area contributed by atoms with Gasteiger partial charge >= 0.3 is 6.61 Å². The molecule has 1 fully saturated rings. The number of halogens is 3. The Bertz CT molecular complexity index is 990. The third kappa shape index (κ3) is 3.75. The molecule has 1 aliphatic carbocycles. The van der Waals surface area contributed by atoms with Crippen molar-refractivity contribution in [2.75, 3.05) is 13.7 Å². The molecule has 1 heterocycles. The summed E-state index contributed by atoms with van der Waals surface area (Å²) in [5, 5.41) is 0. The first-order valence-corrected chi connectivity index (χ1v) is 10.2. The minimum Gasteiger partial charge on any atom is -0.435 e. The lowest BCUT2D eigenvalue weighted by Crippen LogP contribution is -2.41. The first-order valence-electron chi connectivity index (χ1n) is 10.2. The van der Waals surface area contributed by atoms with Crippen LogP contribution in [-0.4, -0.2) is 37.1 Å². The van der Waals surface area contributed by atoms with Gasteiger partial charge in [-0.05, 0) is 59.9 Å². The molecule has 1 saturated carbocycles. The summed E-state index contributed by atoms with van der Waals surface area (Å²) in [6.45, 7) is -3.24. The maximum absolute atomic E-state index is 13.3. The molecular weight excluding hydrogens is 407 g/mol. The Kier molecular flexibility index (Phi) is 5.64. The van der Waals surface area contributed by atoms with Gasteiger partial charge in [-0.15, -0.1) is 0 Å². The second kappa shape index (κ2) is 8.24. The van der Waals surface area contributed by atoms with E-state index in [1.54, 1.807) is 19.2 Å². The molecule has 0 aromatic heterocycles. The van der Waals surface area contributed by atoms with Crippen molar-refractivity contribution in [3.63, 3.8) is 0 Å². The summed E-state index contributed by atoms with van der Waals surface area (Å²) in [4.78, 5) is 19.2. The first kappa shape index (κ1) is 21.2. The molecule has 5 nitrogen and oxygen atoms in total. The molecule has 0 radical (unpaired) electrons. The molecule has 0 spiro atoms. The Morgan fingerprint density at radius 3 is 2.48 bits per heavy atom. The zero-order valence-corrected chi connectivity index (χ0v) is 17.1. The molecule has 2 aliphatic rings. The van der Waals surface area contributed by atoms with Gasteiger partial charge in [0.05, 0.1) is 6.67 Å². The van der Waals surface area contributed by atoms with Crippen molar-refractivity contribution in [1.29, 1.82) is 0 Å². The van der Waals surface area contributed by atoms with Crippen molar-refractivity contribution in [1.82, 2.24) is 4.90 Å². The van der Waals surface area contributed by atoms with Gasteiger partial charge in [0.15, 0.2) is 11.5 Å². The van der Waals surface area contributed by atoms with Gasteiger partial charge in [-0.2, -0.15) is 8.78 Å². The van der Waals surface area contributed by atoms with E-state index in [1.807, 2.05) is 24.3 Å². The van der Waals surface area contributed by atoms with Crippen LogP contribution in [0.5, 0.6) is 5.75 Å². The van der Waals surface area contributed by atoms with E-state index in [9.17, 15) is 18.0 Å². The second-order valence-corrected chi connectivity index (χ2v) is 8.08. The average molecular weight is 431 g/mol. The minimum atomic E-state index is -2.94. The lowest BCUT2D eigenvalue weighted by atomic mass is 9.69. The number of aliphatic imine (C=N–C) groups is 1. The quantitative estimate of drug-likeness (QED) is 0.716. The highest BCUT2D eigenvalue weighted by molar-refractivity contribution is 6.08. The predicted octanol–water partition coefficient (Wildman–Crippen LogP) is 4.17. The molecular formula is C23H24F3N3O2. The van der Waals surface area contributed by atoms with E-state index in [4.69, 9.17) is 5.73 Å². The summed E-state index contributed by atoms with van der Waals surface area (Å²) < 4.78 is 42.1. The monoisotopic (exact) mass is 431 g/mol. The van der Waals surface area contributed by atoms with Crippen LogP contribution >= 0.6 is 0 Å². The van der Waals surface area contributed by atoms with E-state index >= 15 is 0 Å². The van der Waals surface area contributed by atoms with Gasteiger partial charge in [0, 0.05) is 7.05 Å². The van der Waals surface area contributed by atoms with Gasteiger partial charge in [-0.1, -0.05) is 36.4 Å². The molecule has 1 unspecified atom stereocenters. The Morgan fingerprint density at radius 2 is 1.90 bits per heavy atom. The number of carbonyl (C=O) groups is 1.